The summed E-state index contributed by atoms with van der Waals surface area (Å²) in [5.74, 6) is 0. The number of hydrogen-bond acceptors (Lipinski definition) is 2. The van der Waals surface area contributed by atoms with Gasteiger partial charge in [-0.05, 0) is 43.6 Å². The second-order valence-corrected chi connectivity index (χ2v) is 5.62. The molecule has 1 aromatic carbocycles. The van der Waals surface area contributed by atoms with Gasteiger partial charge in [0.15, 0.2) is 0 Å². The zero-order valence-corrected chi connectivity index (χ0v) is 11.9. The fourth-order valence-electron chi connectivity index (χ4n) is 2.30. The highest BCUT2D eigenvalue weighted by molar-refractivity contribution is 9.10. The third kappa shape index (κ3) is 4.78. The maximum absolute atomic E-state index is 3.51. The molecule has 0 amide bonds. The van der Waals surface area contributed by atoms with Gasteiger partial charge in [-0.15, -0.1) is 0 Å². The van der Waals surface area contributed by atoms with Crippen molar-refractivity contribution in [1.82, 2.24) is 10.2 Å². The van der Waals surface area contributed by atoms with E-state index in [2.05, 4.69) is 50.4 Å². The maximum Gasteiger partial charge on any atom is 0.0206 e. The zero-order valence-electron chi connectivity index (χ0n) is 10.3. The van der Waals surface area contributed by atoms with Gasteiger partial charge in [0.1, 0.15) is 0 Å². The van der Waals surface area contributed by atoms with Gasteiger partial charge in [0, 0.05) is 24.1 Å². The lowest BCUT2D eigenvalue weighted by atomic mass is 10.1. The first kappa shape index (κ1) is 13.1. The first-order valence-corrected chi connectivity index (χ1v) is 7.31. The highest BCUT2D eigenvalue weighted by atomic mass is 79.9. The van der Waals surface area contributed by atoms with Gasteiger partial charge in [0.2, 0.25) is 0 Å². The Morgan fingerprint density at radius 2 is 2.00 bits per heavy atom. The number of nitrogens with one attached hydrogen (secondary N) is 1. The Hall–Kier alpha value is -0.380. The van der Waals surface area contributed by atoms with Crippen LogP contribution in [0.25, 0.3) is 0 Å². The number of hydrogen-bond donors (Lipinski definition) is 1. The highest BCUT2D eigenvalue weighted by Crippen LogP contribution is 2.11. The second kappa shape index (κ2) is 7.14. The van der Waals surface area contributed by atoms with Gasteiger partial charge < -0.3 is 10.2 Å². The van der Waals surface area contributed by atoms with Crippen LogP contribution in [0.2, 0.25) is 0 Å². The summed E-state index contributed by atoms with van der Waals surface area (Å²) in [6, 6.07) is 8.50. The molecule has 17 heavy (non-hydrogen) atoms. The summed E-state index contributed by atoms with van der Waals surface area (Å²) < 4.78 is 1.16. The van der Waals surface area contributed by atoms with E-state index in [4.69, 9.17) is 0 Å². The smallest absolute Gasteiger partial charge is 0.0206 e. The molecule has 1 aliphatic rings. The molecular weight excluding hydrogens is 276 g/mol. The number of nitrogens with zero attached hydrogens (tertiary/aromatic N) is 1. The van der Waals surface area contributed by atoms with Crippen LogP contribution in [0.4, 0.5) is 0 Å². The number of benzene rings is 1. The topological polar surface area (TPSA) is 15.3 Å². The van der Waals surface area contributed by atoms with Crippen LogP contribution in [-0.2, 0) is 6.54 Å². The molecule has 0 bridgehead atoms. The Kier molecular flexibility index (Phi) is 5.49. The molecule has 1 heterocycles. The van der Waals surface area contributed by atoms with Crippen molar-refractivity contribution in [2.45, 2.75) is 25.8 Å². The van der Waals surface area contributed by atoms with Crippen LogP contribution in [0, 0.1) is 0 Å². The van der Waals surface area contributed by atoms with E-state index in [0.29, 0.717) is 0 Å². The van der Waals surface area contributed by atoms with Crippen molar-refractivity contribution >= 4 is 15.9 Å². The van der Waals surface area contributed by atoms with Gasteiger partial charge in [-0.3, -0.25) is 0 Å². The lowest BCUT2D eigenvalue weighted by molar-refractivity contribution is 0.229. The first-order valence-electron chi connectivity index (χ1n) is 6.52. The van der Waals surface area contributed by atoms with Crippen molar-refractivity contribution in [3.8, 4) is 0 Å². The van der Waals surface area contributed by atoms with Crippen LogP contribution in [-0.4, -0.2) is 31.1 Å². The van der Waals surface area contributed by atoms with E-state index in [1.54, 1.807) is 0 Å². The summed E-state index contributed by atoms with van der Waals surface area (Å²) in [6.07, 6.45) is 4.18. The quantitative estimate of drug-likeness (QED) is 0.840. The summed E-state index contributed by atoms with van der Waals surface area (Å²) in [5.41, 5.74) is 1.35. The molecule has 1 fully saturated rings. The third-order valence-corrected chi connectivity index (χ3v) is 3.76. The lowest BCUT2D eigenvalue weighted by Gasteiger charge is -2.26. The number of piperidine rings is 1. The zero-order chi connectivity index (χ0) is 11.9. The molecule has 1 saturated heterocycles. The molecular formula is C14H21BrN2. The van der Waals surface area contributed by atoms with E-state index in [9.17, 15) is 0 Å². The van der Waals surface area contributed by atoms with Gasteiger partial charge in [-0.1, -0.05) is 34.5 Å². The van der Waals surface area contributed by atoms with Gasteiger partial charge >= 0.3 is 0 Å². The first-order chi connectivity index (χ1) is 8.34. The van der Waals surface area contributed by atoms with Crippen molar-refractivity contribution in [2.24, 2.45) is 0 Å². The van der Waals surface area contributed by atoms with Crippen molar-refractivity contribution in [1.29, 1.82) is 0 Å². The average Bonchev–Trinajstić information content (AvgIpc) is 2.36. The van der Waals surface area contributed by atoms with Crippen molar-refractivity contribution in [3.05, 3.63) is 34.3 Å². The van der Waals surface area contributed by atoms with Gasteiger partial charge in [0.05, 0.1) is 0 Å². The Balaban J connectivity index is 1.62. The molecule has 3 heteroatoms. The molecule has 0 unspecified atom stereocenters. The number of halogens is 1. The lowest BCUT2D eigenvalue weighted by Crippen LogP contribution is -2.35. The normalized spacial score (nSPS) is 17.2. The van der Waals surface area contributed by atoms with E-state index in [0.717, 1.165) is 17.6 Å². The Morgan fingerprint density at radius 1 is 1.18 bits per heavy atom. The van der Waals surface area contributed by atoms with Crippen molar-refractivity contribution in [2.75, 3.05) is 26.2 Å². The molecule has 1 N–H and O–H groups in total. The highest BCUT2D eigenvalue weighted by Gasteiger charge is 2.08. The Morgan fingerprint density at radius 3 is 2.76 bits per heavy atom. The van der Waals surface area contributed by atoms with E-state index in [-0.39, 0.29) is 0 Å². The number of likely N-dealkylation sites (tertiary alicyclic amines) is 1. The summed E-state index contributed by atoms with van der Waals surface area (Å²) in [7, 11) is 0. The van der Waals surface area contributed by atoms with Crippen molar-refractivity contribution in [3.63, 3.8) is 0 Å². The SMILES string of the molecule is Brc1cccc(CNCCN2CCCCC2)c1. The van der Waals surface area contributed by atoms with Gasteiger partial charge in [0.25, 0.3) is 0 Å². The third-order valence-electron chi connectivity index (χ3n) is 3.27. The molecule has 0 spiro atoms. The summed E-state index contributed by atoms with van der Waals surface area (Å²) >= 11 is 3.50. The maximum atomic E-state index is 3.51. The molecule has 94 valence electrons. The summed E-state index contributed by atoms with van der Waals surface area (Å²) in [6.45, 7) is 5.82. The molecule has 1 aromatic rings. The van der Waals surface area contributed by atoms with E-state index in [1.807, 2.05) is 0 Å². The fourth-order valence-corrected chi connectivity index (χ4v) is 2.75. The Bertz CT molecular complexity index is 335. The predicted molar refractivity (Wildman–Crippen MR) is 76.1 cm³/mol. The summed E-state index contributed by atoms with van der Waals surface area (Å²) in [4.78, 5) is 2.57. The molecule has 0 radical (unpaired) electrons. The minimum Gasteiger partial charge on any atom is -0.311 e. The monoisotopic (exact) mass is 296 g/mol. The second-order valence-electron chi connectivity index (χ2n) is 4.71. The largest absolute Gasteiger partial charge is 0.311 e. The Labute approximate surface area is 113 Å². The van der Waals surface area contributed by atoms with Gasteiger partial charge in [-0.2, -0.15) is 0 Å². The van der Waals surface area contributed by atoms with Crippen LogP contribution < -0.4 is 5.32 Å². The minimum atomic E-state index is 0.966. The standard InChI is InChI=1S/C14H21BrN2/c15-14-6-4-5-13(11-14)12-16-7-10-17-8-2-1-3-9-17/h4-6,11,16H,1-3,7-10,12H2. The summed E-state index contributed by atoms with van der Waals surface area (Å²) in [5, 5.41) is 3.51. The van der Waals surface area contributed by atoms with E-state index >= 15 is 0 Å². The van der Waals surface area contributed by atoms with Crippen molar-refractivity contribution < 1.29 is 0 Å². The van der Waals surface area contributed by atoms with E-state index < -0.39 is 0 Å². The van der Waals surface area contributed by atoms with Crippen LogP contribution in [0.5, 0.6) is 0 Å². The van der Waals surface area contributed by atoms with Crippen LogP contribution >= 0.6 is 15.9 Å². The van der Waals surface area contributed by atoms with Crippen LogP contribution in [0.3, 0.4) is 0 Å². The molecule has 0 saturated carbocycles. The molecule has 2 rings (SSSR count). The minimum absolute atomic E-state index is 0.966. The predicted octanol–water partition coefficient (Wildman–Crippen LogP) is 3.02. The van der Waals surface area contributed by atoms with E-state index in [1.165, 1.54) is 44.5 Å². The molecule has 0 atom stereocenters. The molecule has 1 aliphatic heterocycles. The van der Waals surface area contributed by atoms with Crippen LogP contribution in [0.15, 0.2) is 28.7 Å². The number of rotatable bonds is 5. The van der Waals surface area contributed by atoms with Crippen LogP contribution in [0.1, 0.15) is 24.8 Å². The molecule has 2 nitrogen and oxygen atoms in total. The fraction of sp³-hybridized carbons (Fsp3) is 0.571. The molecule has 0 aliphatic carbocycles. The van der Waals surface area contributed by atoms with Gasteiger partial charge in [-0.25, -0.2) is 0 Å². The average molecular weight is 297 g/mol. The molecule has 0 aromatic heterocycles.